The third kappa shape index (κ3) is 3.42. The van der Waals surface area contributed by atoms with Gasteiger partial charge in [-0.2, -0.15) is 0 Å². The number of carbonyl (C=O) groups excluding carboxylic acids is 3. The number of halogens is 1. The SMILES string of the molecule is Cc1cc([C@]2(C)NC(=O)N(CC(=O)NCc3ccccc3F)C2=O)c(C)o1. The topological polar surface area (TPSA) is 91.7 Å². The zero-order chi connectivity index (χ0) is 19.8. The van der Waals surface area contributed by atoms with E-state index in [0.29, 0.717) is 22.6 Å². The first-order valence-electron chi connectivity index (χ1n) is 8.44. The number of hydrogen-bond donors (Lipinski definition) is 2. The van der Waals surface area contributed by atoms with Gasteiger partial charge in [-0.15, -0.1) is 0 Å². The van der Waals surface area contributed by atoms with Crippen LogP contribution in [0.2, 0.25) is 0 Å². The Morgan fingerprint density at radius 3 is 2.63 bits per heavy atom. The molecular formula is C19H20FN3O4. The normalized spacial score (nSPS) is 19.3. The van der Waals surface area contributed by atoms with E-state index < -0.39 is 35.7 Å². The maximum Gasteiger partial charge on any atom is 0.325 e. The third-order valence-corrected chi connectivity index (χ3v) is 4.59. The quantitative estimate of drug-likeness (QED) is 0.786. The summed E-state index contributed by atoms with van der Waals surface area (Å²) in [4.78, 5) is 38.1. The van der Waals surface area contributed by atoms with Crippen LogP contribution in [0.3, 0.4) is 0 Å². The molecule has 1 aromatic heterocycles. The van der Waals surface area contributed by atoms with Crippen molar-refractivity contribution in [1.29, 1.82) is 0 Å². The van der Waals surface area contributed by atoms with Crippen molar-refractivity contribution in [3.05, 3.63) is 58.8 Å². The van der Waals surface area contributed by atoms with Crippen molar-refractivity contribution in [3.63, 3.8) is 0 Å². The van der Waals surface area contributed by atoms with Crippen molar-refractivity contribution in [1.82, 2.24) is 15.5 Å². The summed E-state index contributed by atoms with van der Waals surface area (Å²) in [6.45, 7) is 4.53. The second kappa shape index (κ2) is 6.86. The minimum atomic E-state index is -1.30. The molecule has 142 valence electrons. The first-order valence-corrected chi connectivity index (χ1v) is 8.44. The summed E-state index contributed by atoms with van der Waals surface area (Å²) >= 11 is 0. The van der Waals surface area contributed by atoms with E-state index in [4.69, 9.17) is 4.42 Å². The van der Waals surface area contributed by atoms with Gasteiger partial charge in [0.1, 0.15) is 29.4 Å². The molecule has 2 N–H and O–H groups in total. The van der Waals surface area contributed by atoms with Crippen LogP contribution in [0.5, 0.6) is 0 Å². The lowest BCUT2D eigenvalue weighted by molar-refractivity contribution is -0.134. The number of imide groups is 1. The van der Waals surface area contributed by atoms with Crippen molar-refractivity contribution in [3.8, 4) is 0 Å². The van der Waals surface area contributed by atoms with Crippen LogP contribution in [-0.2, 0) is 21.7 Å². The molecular weight excluding hydrogens is 353 g/mol. The molecule has 27 heavy (non-hydrogen) atoms. The average Bonchev–Trinajstić information content (AvgIpc) is 3.06. The van der Waals surface area contributed by atoms with E-state index in [-0.39, 0.29) is 6.54 Å². The number of rotatable bonds is 5. The zero-order valence-corrected chi connectivity index (χ0v) is 15.3. The molecule has 0 spiro atoms. The fourth-order valence-corrected chi connectivity index (χ4v) is 3.19. The van der Waals surface area contributed by atoms with Gasteiger partial charge >= 0.3 is 6.03 Å². The summed E-state index contributed by atoms with van der Waals surface area (Å²) in [6, 6.07) is 7.07. The number of benzene rings is 1. The minimum absolute atomic E-state index is 0.0353. The third-order valence-electron chi connectivity index (χ3n) is 4.59. The largest absolute Gasteiger partial charge is 0.466 e. The maximum atomic E-state index is 13.6. The highest BCUT2D eigenvalue weighted by atomic mass is 19.1. The number of aryl methyl sites for hydroxylation is 2. The summed E-state index contributed by atoms with van der Waals surface area (Å²) in [7, 11) is 0. The number of urea groups is 1. The number of hydrogen-bond acceptors (Lipinski definition) is 4. The van der Waals surface area contributed by atoms with Crippen LogP contribution in [0.15, 0.2) is 34.7 Å². The number of carbonyl (C=O) groups is 3. The molecule has 0 radical (unpaired) electrons. The van der Waals surface area contributed by atoms with E-state index in [0.717, 1.165) is 4.90 Å². The second-order valence-corrected chi connectivity index (χ2v) is 6.64. The molecule has 4 amide bonds. The summed E-state index contributed by atoms with van der Waals surface area (Å²) < 4.78 is 19.1. The van der Waals surface area contributed by atoms with Gasteiger partial charge in [-0.1, -0.05) is 18.2 Å². The van der Waals surface area contributed by atoms with E-state index in [1.807, 2.05) is 0 Å². The van der Waals surface area contributed by atoms with E-state index in [2.05, 4.69) is 10.6 Å². The summed E-state index contributed by atoms with van der Waals surface area (Å²) in [6.07, 6.45) is 0. The van der Waals surface area contributed by atoms with Crippen LogP contribution in [0.1, 0.15) is 29.6 Å². The highest BCUT2D eigenvalue weighted by molar-refractivity contribution is 6.09. The van der Waals surface area contributed by atoms with E-state index in [1.165, 1.54) is 6.07 Å². The average molecular weight is 373 g/mol. The molecule has 0 bridgehead atoms. The lowest BCUT2D eigenvalue weighted by atomic mass is 9.92. The number of amides is 4. The smallest absolute Gasteiger partial charge is 0.325 e. The van der Waals surface area contributed by atoms with Gasteiger partial charge in [-0.3, -0.25) is 14.5 Å². The van der Waals surface area contributed by atoms with Crippen molar-refractivity contribution in [2.24, 2.45) is 0 Å². The Morgan fingerprint density at radius 2 is 2.00 bits per heavy atom. The predicted molar refractivity (Wildman–Crippen MR) is 94.0 cm³/mol. The van der Waals surface area contributed by atoms with Crippen molar-refractivity contribution < 1.29 is 23.2 Å². The lowest BCUT2D eigenvalue weighted by Gasteiger charge is -2.21. The van der Waals surface area contributed by atoms with Crippen LogP contribution in [0.25, 0.3) is 0 Å². The fourth-order valence-electron chi connectivity index (χ4n) is 3.19. The zero-order valence-electron chi connectivity index (χ0n) is 15.3. The van der Waals surface area contributed by atoms with Gasteiger partial charge in [0, 0.05) is 17.7 Å². The molecule has 0 saturated carbocycles. The van der Waals surface area contributed by atoms with Crippen molar-refractivity contribution in [2.45, 2.75) is 32.9 Å². The molecule has 0 aliphatic carbocycles. The molecule has 1 atom stereocenters. The number of nitrogens with one attached hydrogen (secondary N) is 2. The molecule has 1 fully saturated rings. The molecule has 1 aromatic carbocycles. The first kappa shape index (κ1) is 18.6. The maximum absolute atomic E-state index is 13.6. The highest BCUT2D eigenvalue weighted by Crippen LogP contribution is 2.32. The standard InChI is InChI=1S/C19H20FN3O4/c1-11-8-14(12(2)27-11)19(3)17(25)23(18(26)22-19)10-16(24)21-9-13-6-4-5-7-15(13)20/h4-8H,9-10H2,1-3H3,(H,21,24)(H,22,26)/t19-/m0/s1. The first-order chi connectivity index (χ1) is 12.7. The van der Waals surface area contributed by atoms with Crippen molar-refractivity contribution >= 4 is 17.8 Å². The van der Waals surface area contributed by atoms with Crippen LogP contribution >= 0.6 is 0 Å². The Labute approximate surface area is 155 Å². The Morgan fingerprint density at radius 1 is 1.30 bits per heavy atom. The van der Waals surface area contributed by atoms with E-state index >= 15 is 0 Å². The molecule has 8 heteroatoms. The molecule has 1 aliphatic rings. The Bertz CT molecular complexity index is 923. The van der Waals surface area contributed by atoms with Gasteiger partial charge in [0.25, 0.3) is 5.91 Å². The Kier molecular flexibility index (Phi) is 4.73. The second-order valence-electron chi connectivity index (χ2n) is 6.64. The monoisotopic (exact) mass is 373 g/mol. The van der Waals surface area contributed by atoms with Gasteiger partial charge in [0.2, 0.25) is 5.91 Å². The molecule has 0 unspecified atom stereocenters. The number of nitrogens with zero attached hydrogens (tertiary/aromatic N) is 1. The van der Waals surface area contributed by atoms with Crippen LogP contribution in [0.4, 0.5) is 9.18 Å². The molecule has 1 saturated heterocycles. The van der Waals surface area contributed by atoms with Crippen LogP contribution < -0.4 is 10.6 Å². The van der Waals surface area contributed by atoms with Gasteiger partial charge in [0.05, 0.1) is 0 Å². The van der Waals surface area contributed by atoms with E-state index in [1.54, 1.807) is 45.0 Å². The molecule has 2 heterocycles. The number of furan rings is 1. The van der Waals surface area contributed by atoms with E-state index in [9.17, 15) is 18.8 Å². The molecule has 2 aromatic rings. The summed E-state index contributed by atoms with van der Waals surface area (Å²) in [5.74, 6) is -0.406. The van der Waals surface area contributed by atoms with Gasteiger partial charge in [0.15, 0.2) is 0 Å². The van der Waals surface area contributed by atoms with Crippen molar-refractivity contribution in [2.75, 3.05) is 6.54 Å². The van der Waals surface area contributed by atoms with Gasteiger partial charge in [-0.25, -0.2) is 9.18 Å². The van der Waals surface area contributed by atoms with Gasteiger partial charge in [-0.05, 0) is 32.9 Å². The summed E-state index contributed by atoms with van der Waals surface area (Å²) in [5, 5.41) is 5.15. The molecule has 7 nitrogen and oxygen atoms in total. The Hall–Kier alpha value is -3.16. The molecule has 1 aliphatic heterocycles. The van der Waals surface area contributed by atoms with Crippen LogP contribution in [0, 0.1) is 19.7 Å². The minimum Gasteiger partial charge on any atom is -0.466 e. The Balaban J connectivity index is 1.69. The summed E-state index contributed by atoms with van der Waals surface area (Å²) in [5.41, 5.74) is -0.435. The predicted octanol–water partition coefficient (Wildman–Crippen LogP) is 2.12. The van der Waals surface area contributed by atoms with Crippen LogP contribution in [-0.4, -0.2) is 29.3 Å². The highest BCUT2D eigenvalue weighted by Gasteiger charge is 2.51. The fraction of sp³-hybridized carbons (Fsp3) is 0.316. The lowest BCUT2D eigenvalue weighted by Crippen LogP contribution is -2.43. The van der Waals surface area contributed by atoms with Gasteiger partial charge < -0.3 is 15.1 Å². The molecule has 3 rings (SSSR count).